The van der Waals surface area contributed by atoms with E-state index >= 15 is 0 Å². The molecule has 2 aromatic rings. The molecule has 0 radical (unpaired) electrons. The van der Waals surface area contributed by atoms with Crippen LogP contribution in [0, 0.1) is 5.92 Å². The van der Waals surface area contributed by atoms with E-state index in [4.69, 9.17) is 19.2 Å². The summed E-state index contributed by atoms with van der Waals surface area (Å²) in [5.74, 6) is 0.0804. The van der Waals surface area contributed by atoms with E-state index in [1.807, 2.05) is 43.3 Å². The molecule has 0 amide bonds. The molecule has 0 spiro atoms. The summed E-state index contributed by atoms with van der Waals surface area (Å²) in [5, 5.41) is 0. The molecule has 1 fully saturated rings. The van der Waals surface area contributed by atoms with Crippen LogP contribution >= 0.6 is 0 Å². The van der Waals surface area contributed by atoms with Gasteiger partial charge in [-0.2, -0.15) is 0 Å². The van der Waals surface area contributed by atoms with Gasteiger partial charge in [-0.05, 0) is 68.2 Å². The highest BCUT2D eigenvalue weighted by atomic mass is 16.7. The number of aliphatic imine (C=N–C) groups is 1. The zero-order chi connectivity index (χ0) is 24.6. The van der Waals surface area contributed by atoms with E-state index in [-0.39, 0.29) is 30.6 Å². The smallest absolute Gasteiger partial charge is 0.315 e. The van der Waals surface area contributed by atoms with Crippen LogP contribution in [0.4, 0.5) is 0 Å². The second-order valence-corrected chi connectivity index (χ2v) is 10.3. The average Bonchev–Trinajstić information content (AvgIpc) is 3.37. The molecule has 0 saturated heterocycles. The molecule has 2 heterocycles. The van der Waals surface area contributed by atoms with Crippen LogP contribution in [0.5, 0.6) is 11.5 Å². The van der Waals surface area contributed by atoms with E-state index in [0.717, 1.165) is 42.5 Å². The second-order valence-electron chi connectivity index (χ2n) is 10.3. The number of hydrogen-bond donors (Lipinski definition) is 0. The number of nitrogens with zero attached hydrogens (tertiary/aromatic N) is 1. The van der Waals surface area contributed by atoms with Gasteiger partial charge in [0, 0.05) is 29.3 Å². The van der Waals surface area contributed by atoms with Crippen molar-refractivity contribution in [3.8, 4) is 11.5 Å². The zero-order valence-corrected chi connectivity index (χ0v) is 20.6. The van der Waals surface area contributed by atoms with Crippen molar-refractivity contribution >= 4 is 17.5 Å². The Morgan fingerprint density at radius 3 is 2.53 bits per heavy atom. The largest absolute Gasteiger partial charge is 0.462 e. The van der Waals surface area contributed by atoms with Crippen molar-refractivity contribution in [1.29, 1.82) is 0 Å². The molecule has 1 unspecified atom stereocenters. The molecule has 6 rings (SSSR count). The highest BCUT2D eigenvalue weighted by Crippen LogP contribution is 2.48. The second kappa shape index (κ2) is 9.57. The average molecular weight is 486 g/mol. The molecule has 2 aliphatic heterocycles. The molecule has 2 aromatic carbocycles. The third-order valence-electron chi connectivity index (χ3n) is 8.00. The van der Waals surface area contributed by atoms with Crippen molar-refractivity contribution < 1.29 is 23.8 Å². The van der Waals surface area contributed by atoms with Gasteiger partial charge in [-0.15, -0.1) is 0 Å². The Hall–Kier alpha value is -3.41. The van der Waals surface area contributed by atoms with Crippen molar-refractivity contribution in [2.45, 2.75) is 69.8 Å². The first-order chi connectivity index (χ1) is 17.6. The first-order valence-electron chi connectivity index (χ1n) is 13.0. The van der Waals surface area contributed by atoms with Crippen molar-refractivity contribution in [2.24, 2.45) is 10.9 Å². The topological polar surface area (TPSA) is 74.2 Å². The minimum Gasteiger partial charge on any atom is -0.462 e. The van der Waals surface area contributed by atoms with E-state index in [9.17, 15) is 9.59 Å². The summed E-state index contributed by atoms with van der Waals surface area (Å²) in [6.45, 7) is 2.07. The van der Waals surface area contributed by atoms with Gasteiger partial charge in [-0.1, -0.05) is 42.8 Å². The SMILES string of the molecule is CC1=NC2=C(C(=O)C[C@H](c3ccccc3)C2)[C@@H](c2ccc3c(c2)OCO3)C1C(=O)OC1CCCCC1. The summed E-state index contributed by atoms with van der Waals surface area (Å²) in [4.78, 5) is 32.3. The molecule has 3 atom stereocenters. The number of allylic oxidation sites excluding steroid dienone is 2. The number of ether oxygens (including phenoxy) is 3. The van der Waals surface area contributed by atoms with Crippen molar-refractivity contribution in [1.82, 2.24) is 0 Å². The van der Waals surface area contributed by atoms with E-state index in [1.165, 1.54) is 6.42 Å². The van der Waals surface area contributed by atoms with Crippen LogP contribution < -0.4 is 9.47 Å². The number of fused-ring (bicyclic) bond motifs is 1. The van der Waals surface area contributed by atoms with E-state index in [2.05, 4.69) is 12.1 Å². The van der Waals surface area contributed by atoms with Crippen LogP contribution in [0.3, 0.4) is 0 Å². The first kappa shape index (κ1) is 23.0. The lowest BCUT2D eigenvalue weighted by Gasteiger charge is -2.37. The Balaban J connectivity index is 1.39. The summed E-state index contributed by atoms with van der Waals surface area (Å²) < 4.78 is 17.2. The maximum atomic E-state index is 13.8. The van der Waals surface area contributed by atoms with Crippen LogP contribution in [-0.4, -0.2) is 30.4 Å². The minimum atomic E-state index is -0.636. The number of esters is 1. The highest BCUT2D eigenvalue weighted by molar-refractivity contribution is 6.09. The Kier molecular flexibility index (Phi) is 6.12. The van der Waals surface area contributed by atoms with Crippen LogP contribution in [0.2, 0.25) is 0 Å². The van der Waals surface area contributed by atoms with Gasteiger partial charge in [-0.3, -0.25) is 14.6 Å². The van der Waals surface area contributed by atoms with Gasteiger partial charge in [-0.25, -0.2) is 0 Å². The minimum absolute atomic E-state index is 0.0551. The molecule has 2 aliphatic carbocycles. The van der Waals surface area contributed by atoms with E-state index in [0.29, 0.717) is 35.6 Å². The quantitative estimate of drug-likeness (QED) is 0.507. The lowest BCUT2D eigenvalue weighted by atomic mass is 9.69. The fourth-order valence-corrected chi connectivity index (χ4v) is 6.21. The lowest BCUT2D eigenvalue weighted by Crippen LogP contribution is -2.39. The summed E-state index contributed by atoms with van der Waals surface area (Å²) in [6.07, 6.45) is 6.16. The van der Waals surface area contributed by atoms with Gasteiger partial charge in [0.2, 0.25) is 6.79 Å². The number of carbonyl (C=O) groups excluding carboxylic acids is 2. The standard InChI is InChI=1S/C30H31NO5/c1-18-27(30(33)36-22-10-6-3-7-11-22)28(20-12-13-25-26(16-20)35-17-34-25)29-23(31-18)14-21(15-24(29)32)19-8-4-2-5-9-19/h2,4-5,8-9,12-13,16,21-22,27-28H,3,6-7,10-11,14-15,17H2,1H3/t21-,27?,28+/m1/s1. The molecular weight excluding hydrogens is 454 g/mol. The Labute approximate surface area is 211 Å². The molecule has 6 heteroatoms. The molecule has 36 heavy (non-hydrogen) atoms. The van der Waals surface area contributed by atoms with Gasteiger partial charge in [0.15, 0.2) is 17.3 Å². The summed E-state index contributed by atoms with van der Waals surface area (Å²) in [5.41, 5.74) is 4.15. The van der Waals surface area contributed by atoms with Crippen molar-refractivity contribution in [3.63, 3.8) is 0 Å². The Bertz CT molecular complexity index is 1240. The number of benzene rings is 2. The molecule has 4 aliphatic rings. The molecule has 0 N–H and O–H groups in total. The van der Waals surface area contributed by atoms with Gasteiger partial charge in [0.05, 0.1) is 0 Å². The maximum Gasteiger partial charge on any atom is 0.315 e. The van der Waals surface area contributed by atoms with Crippen LogP contribution in [-0.2, 0) is 14.3 Å². The number of hydrogen-bond acceptors (Lipinski definition) is 6. The summed E-state index contributed by atoms with van der Waals surface area (Å²) in [7, 11) is 0. The highest BCUT2D eigenvalue weighted by Gasteiger charge is 2.45. The Morgan fingerprint density at radius 1 is 0.944 bits per heavy atom. The molecular formula is C30H31NO5. The number of carbonyl (C=O) groups is 2. The normalized spacial score (nSPS) is 25.9. The first-order valence-corrected chi connectivity index (χ1v) is 13.0. The van der Waals surface area contributed by atoms with Gasteiger partial charge in [0.1, 0.15) is 12.0 Å². The van der Waals surface area contributed by atoms with E-state index in [1.54, 1.807) is 0 Å². The lowest BCUT2D eigenvalue weighted by molar-refractivity contribution is -0.153. The van der Waals surface area contributed by atoms with Crippen LogP contribution in [0.15, 0.2) is 64.8 Å². The molecule has 1 saturated carbocycles. The third kappa shape index (κ3) is 4.23. The van der Waals surface area contributed by atoms with Crippen LogP contribution in [0.1, 0.15) is 74.8 Å². The van der Waals surface area contributed by atoms with Crippen molar-refractivity contribution in [2.75, 3.05) is 6.79 Å². The predicted molar refractivity (Wildman–Crippen MR) is 135 cm³/mol. The molecule has 6 nitrogen and oxygen atoms in total. The fourth-order valence-electron chi connectivity index (χ4n) is 6.21. The third-order valence-corrected chi connectivity index (χ3v) is 8.00. The fraction of sp³-hybridized carbons (Fsp3) is 0.433. The van der Waals surface area contributed by atoms with Crippen LogP contribution in [0.25, 0.3) is 0 Å². The molecule has 0 bridgehead atoms. The Morgan fingerprint density at radius 2 is 1.72 bits per heavy atom. The van der Waals surface area contributed by atoms with Gasteiger partial charge >= 0.3 is 5.97 Å². The molecule has 186 valence electrons. The number of Topliss-reactive ketones (excluding diaryl/α,β-unsaturated/α-hetero) is 1. The van der Waals surface area contributed by atoms with Crippen molar-refractivity contribution in [3.05, 3.63) is 70.9 Å². The number of rotatable bonds is 4. The molecule has 0 aromatic heterocycles. The monoisotopic (exact) mass is 485 g/mol. The maximum absolute atomic E-state index is 13.8. The van der Waals surface area contributed by atoms with Gasteiger partial charge in [0.25, 0.3) is 0 Å². The zero-order valence-electron chi connectivity index (χ0n) is 20.6. The van der Waals surface area contributed by atoms with E-state index < -0.39 is 11.8 Å². The predicted octanol–water partition coefficient (Wildman–Crippen LogP) is 5.87. The number of ketones is 1. The summed E-state index contributed by atoms with van der Waals surface area (Å²) >= 11 is 0. The van der Waals surface area contributed by atoms with Gasteiger partial charge < -0.3 is 14.2 Å². The summed E-state index contributed by atoms with van der Waals surface area (Å²) in [6, 6.07) is 15.9.